The number of rotatable bonds is 15. The number of halogens is 12. The molecule has 4 atom stereocenters. The first kappa shape index (κ1) is 41.4. The van der Waals surface area contributed by atoms with Gasteiger partial charge in [0, 0.05) is 22.5 Å². The molecule has 4 unspecified atom stereocenters. The second-order valence-electron chi connectivity index (χ2n) is 12.8. The highest BCUT2D eigenvalue weighted by atomic mass is 19.4. The van der Waals surface area contributed by atoms with Crippen LogP contribution in [0.3, 0.4) is 0 Å². The van der Waals surface area contributed by atoms with Gasteiger partial charge in [0.2, 0.25) is 0 Å². The van der Waals surface area contributed by atoms with Crippen molar-refractivity contribution in [3.05, 3.63) is 57.6 Å². The predicted molar refractivity (Wildman–Crippen MR) is 164 cm³/mol. The monoisotopic (exact) mass is 708 g/mol. The van der Waals surface area contributed by atoms with Gasteiger partial charge in [-0.3, -0.25) is 0 Å². The Hall–Kier alpha value is -2.80. The highest BCUT2D eigenvalue weighted by molar-refractivity contribution is 5.60. The minimum absolute atomic E-state index is 0.123. The zero-order valence-electron chi connectivity index (χ0n) is 28.1. The van der Waals surface area contributed by atoms with Crippen molar-refractivity contribution < 1.29 is 52.7 Å². The molecule has 4 N–H and O–H groups in total. The minimum Gasteiger partial charge on any atom is -0.398 e. The molecule has 0 aliphatic rings. The van der Waals surface area contributed by atoms with Gasteiger partial charge in [-0.2, -0.15) is 52.7 Å². The molecule has 0 bridgehead atoms. The number of benzene rings is 2. The van der Waals surface area contributed by atoms with Gasteiger partial charge in [-0.1, -0.05) is 55.4 Å². The second kappa shape index (κ2) is 13.8. The van der Waals surface area contributed by atoms with Crippen LogP contribution in [0.25, 0.3) is 0 Å². The lowest BCUT2D eigenvalue weighted by molar-refractivity contribution is -0.429. The number of nitrogen functional groups attached to an aromatic ring is 2. The van der Waals surface area contributed by atoms with Crippen molar-refractivity contribution >= 4 is 11.4 Å². The molecule has 0 aromatic heterocycles. The van der Waals surface area contributed by atoms with Crippen LogP contribution in [0.5, 0.6) is 0 Å². The molecule has 48 heavy (non-hydrogen) atoms. The molecule has 0 spiro atoms. The fraction of sp³-hybridized carbons (Fsp3) is 0.647. The quantitative estimate of drug-likeness (QED) is 0.143. The highest BCUT2D eigenvalue weighted by Crippen LogP contribution is 2.64. The van der Waals surface area contributed by atoms with Gasteiger partial charge in [-0.05, 0) is 95.9 Å². The molecule has 0 saturated heterocycles. The van der Waals surface area contributed by atoms with E-state index in [0.29, 0.717) is 24.3 Å². The number of alkyl halides is 12. The number of hydrogen-bond acceptors (Lipinski definition) is 2. The van der Waals surface area contributed by atoms with Crippen molar-refractivity contribution in [1.29, 1.82) is 0 Å². The van der Waals surface area contributed by atoms with Crippen molar-refractivity contribution in [2.45, 2.75) is 140 Å². The van der Waals surface area contributed by atoms with Gasteiger partial charge in [0.05, 0.1) is 0 Å². The van der Waals surface area contributed by atoms with E-state index >= 15 is 52.7 Å². The summed E-state index contributed by atoms with van der Waals surface area (Å²) >= 11 is 0. The molecule has 0 heterocycles. The smallest absolute Gasteiger partial charge is 0.385 e. The SMILES string of the molecule is CCC(C)c1cc(C(F)(F)C(F)(F)C(F)(F)C(F)(F)C(F)(F)C(F)(F)c2cc(C(C)CC)c(N)c(C(C)CC)c2)cc(C(C)CC)c1N. The summed E-state index contributed by atoms with van der Waals surface area (Å²) < 4.78 is 184. The maximum Gasteiger partial charge on any atom is 0.385 e. The van der Waals surface area contributed by atoms with E-state index in [4.69, 9.17) is 11.5 Å². The molecule has 2 rings (SSSR count). The lowest BCUT2D eigenvalue weighted by Gasteiger charge is -2.42. The van der Waals surface area contributed by atoms with Crippen LogP contribution in [0.1, 0.15) is 138 Å². The Kier molecular flexibility index (Phi) is 11.9. The molecule has 0 saturated carbocycles. The number of hydrogen-bond donors (Lipinski definition) is 2. The van der Waals surface area contributed by atoms with Crippen LogP contribution in [-0.4, -0.2) is 23.7 Å². The molecule has 2 aromatic carbocycles. The fourth-order valence-electron chi connectivity index (χ4n) is 5.42. The molecule has 2 nitrogen and oxygen atoms in total. The Morgan fingerprint density at radius 1 is 0.417 bits per heavy atom. The van der Waals surface area contributed by atoms with Crippen molar-refractivity contribution in [2.75, 3.05) is 11.5 Å². The Labute approximate surface area is 273 Å². The van der Waals surface area contributed by atoms with Crippen molar-refractivity contribution in [3.63, 3.8) is 0 Å². The van der Waals surface area contributed by atoms with Crippen LogP contribution < -0.4 is 11.5 Å². The Balaban J connectivity index is 2.85. The van der Waals surface area contributed by atoms with Gasteiger partial charge < -0.3 is 11.5 Å². The van der Waals surface area contributed by atoms with E-state index in [1.54, 1.807) is 27.7 Å². The molecule has 0 amide bonds. The molecule has 0 aliphatic heterocycles. The average molecular weight is 709 g/mol. The summed E-state index contributed by atoms with van der Waals surface area (Å²) in [4.78, 5) is 0. The van der Waals surface area contributed by atoms with Crippen LogP contribution in [0.2, 0.25) is 0 Å². The summed E-state index contributed by atoms with van der Waals surface area (Å²) in [6, 6.07) is 1.30. The van der Waals surface area contributed by atoms with Crippen molar-refractivity contribution in [3.8, 4) is 0 Å². The van der Waals surface area contributed by atoms with E-state index in [9.17, 15) is 0 Å². The normalized spacial score (nSPS) is 16.5. The first-order valence-corrected chi connectivity index (χ1v) is 15.8. The van der Waals surface area contributed by atoms with E-state index in [1.165, 1.54) is 27.7 Å². The van der Waals surface area contributed by atoms with E-state index in [0.717, 1.165) is 0 Å². The van der Waals surface area contributed by atoms with Gasteiger partial charge in [0.15, 0.2) is 0 Å². The minimum atomic E-state index is -7.72. The molecular formula is C34H44F12N2. The van der Waals surface area contributed by atoms with Crippen LogP contribution >= 0.6 is 0 Å². The lowest BCUT2D eigenvalue weighted by Crippen LogP contribution is -2.69. The van der Waals surface area contributed by atoms with Crippen LogP contribution in [0.15, 0.2) is 24.3 Å². The zero-order valence-corrected chi connectivity index (χ0v) is 28.1. The van der Waals surface area contributed by atoms with Crippen LogP contribution in [0.4, 0.5) is 64.1 Å². The van der Waals surface area contributed by atoms with Crippen molar-refractivity contribution in [2.24, 2.45) is 0 Å². The van der Waals surface area contributed by atoms with Crippen LogP contribution in [0, 0.1) is 0 Å². The van der Waals surface area contributed by atoms with Gasteiger partial charge in [0.1, 0.15) is 0 Å². The summed E-state index contributed by atoms with van der Waals surface area (Å²) in [6.07, 6.45) is 0.808. The molecule has 0 fully saturated rings. The summed E-state index contributed by atoms with van der Waals surface area (Å²) in [6.45, 7) is 12.1. The molecule has 0 radical (unpaired) electrons. The number of nitrogens with two attached hydrogens (primary N) is 2. The predicted octanol–water partition coefficient (Wildman–Crippen LogP) is 12.3. The lowest BCUT2D eigenvalue weighted by atomic mass is 9.82. The van der Waals surface area contributed by atoms with Crippen molar-refractivity contribution in [1.82, 2.24) is 0 Å². The Bertz CT molecular complexity index is 1270. The molecule has 14 heteroatoms. The van der Waals surface area contributed by atoms with E-state index in [1.807, 2.05) is 0 Å². The summed E-state index contributed by atoms with van der Waals surface area (Å²) in [5.41, 5.74) is 7.31. The maximum atomic E-state index is 15.5. The van der Waals surface area contributed by atoms with Gasteiger partial charge in [-0.15, -0.1) is 0 Å². The van der Waals surface area contributed by atoms with E-state index in [2.05, 4.69) is 0 Å². The largest absolute Gasteiger partial charge is 0.398 e. The first-order chi connectivity index (χ1) is 21.7. The fourth-order valence-corrected chi connectivity index (χ4v) is 5.42. The Morgan fingerprint density at radius 3 is 0.771 bits per heavy atom. The van der Waals surface area contributed by atoms with E-state index < -0.39 is 70.3 Å². The van der Waals surface area contributed by atoms with E-state index in [-0.39, 0.29) is 59.3 Å². The molecular weight excluding hydrogens is 664 g/mol. The zero-order chi connectivity index (χ0) is 37.6. The van der Waals surface area contributed by atoms with Gasteiger partial charge in [0.25, 0.3) is 0 Å². The maximum absolute atomic E-state index is 15.5. The first-order valence-electron chi connectivity index (χ1n) is 15.8. The third-order valence-corrected chi connectivity index (χ3v) is 9.76. The standard InChI is InChI=1S/C34H44F12N2/c1-9-17(5)23-13-21(14-24(27(23)47)18(6)10-2)29(35,36)31(39,40)33(43,44)34(45,46)32(41,42)30(37,38)22-15-25(19(7)11-3)28(48)26(16-22)20(8)12-4/h13-20H,9-12,47-48H2,1-8H3. The second-order valence-corrected chi connectivity index (χ2v) is 12.8. The summed E-state index contributed by atoms with van der Waals surface area (Å²) in [5.74, 6) is -45.4. The van der Waals surface area contributed by atoms with Crippen LogP contribution in [-0.2, 0) is 11.8 Å². The third-order valence-electron chi connectivity index (χ3n) is 9.76. The highest BCUT2D eigenvalue weighted by Gasteiger charge is 2.90. The summed E-state index contributed by atoms with van der Waals surface area (Å²) in [5, 5.41) is 0. The molecule has 0 aliphatic carbocycles. The van der Waals surface area contributed by atoms with Gasteiger partial charge in [-0.25, -0.2) is 0 Å². The number of anilines is 2. The topological polar surface area (TPSA) is 52.0 Å². The van der Waals surface area contributed by atoms with Gasteiger partial charge >= 0.3 is 35.5 Å². The average Bonchev–Trinajstić information content (AvgIpc) is 3.02. The third kappa shape index (κ3) is 6.33. The summed E-state index contributed by atoms with van der Waals surface area (Å²) in [7, 11) is 0. The Morgan fingerprint density at radius 2 is 0.604 bits per heavy atom. The molecule has 274 valence electrons. The molecule has 2 aromatic rings.